The average Bonchev–Trinajstić information content (AvgIpc) is 3.40. The summed E-state index contributed by atoms with van der Waals surface area (Å²) in [5.74, 6) is -2.05. The second kappa shape index (κ2) is 13.7. The van der Waals surface area contributed by atoms with Crippen molar-refractivity contribution in [1.29, 1.82) is 0 Å². The van der Waals surface area contributed by atoms with Gasteiger partial charge in [0.1, 0.15) is 23.0 Å². The van der Waals surface area contributed by atoms with Gasteiger partial charge >= 0.3 is 30.9 Å². The molecule has 268 valence electrons. The number of ether oxygens (including phenoxy) is 2. The van der Waals surface area contributed by atoms with Gasteiger partial charge in [0.25, 0.3) is 0 Å². The van der Waals surface area contributed by atoms with Gasteiger partial charge in [-0.25, -0.2) is 9.59 Å². The van der Waals surface area contributed by atoms with Gasteiger partial charge in [-0.1, -0.05) is 26.0 Å². The fourth-order valence-electron chi connectivity index (χ4n) is 8.20. The Balaban J connectivity index is 1.40. The highest BCUT2D eigenvalue weighted by Crippen LogP contribution is 2.66. The Morgan fingerprint density at radius 2 is 1.84 bits per heavy atom. The number of ketones is 1. The standard InChI is InChI=1S/C35H51BN4O9/c1-9-39-13-14-40(30(43)29(39)42)32(45)38-24(19-37)25(41)18-22(36-48-27-17-21-16-26(34(21,5)6)35(27,7)49-36)15-20-11-10-12-23(28(20)46-8)31(44)47-33(2,3)4/h10-12,21-22,24,26-27H,9,13-19,37H2,1-8H3,(H,38,45)/t21-,22+,24+,26-,27+,35-/m0/s1. The van der Waals surface area contributed by atoms with Gasteiger partial charge < -0.3 is 34.7 Å². The second-order valence-corrected chi connectivity index (χ2v) is 15.6. The van der Waals surface area contributed by atoms with Crippen LogP contribution < -0.4 is 15.8 Å². The number of hydrogen-bond acceptors (Lipinski definition) is 10. The Morgan fingerprint density at radius 3 is 2.45 bits per heavy atom. The molecule has 0 radical (unpaired) electrons. The van der Waals surface area contributed by atoms with Crippen LogP contribution >= 0.6 is 0 Å². The van der Waals surface area contributed by atoms with E-state index in [1.165, 1.54) is 12.0 Å². The van der Waals surface area contributed by atoms with Crippen molar-refractivity contribution in [2.24, 2.45) is 23.0 Å². The molecule has 5 fully saturated rings. The van der Waals surface area contributed by atoms with Crippen molar-refractivity contribution >= 4 is 36.7 Å². The van der Waals surface area contributed by atoms with Gasteiger partial charge in [-0.05, 0) is 82.8 Å². The highest BCUT2D eigenvalue weighted by Gasteiger charge is 2.68. The summed E-state index contributed by atoms with van der Waals surface area (Å²) in [6.07, 6.45) is 1.92. The summed E-state index contributed by atoms with van der Waals surface area (Å²) in [7, 11) is 0.714. The number of methoxy groups -OCH3 is 1. The van der Waals surface area contributed by atoms with Crippen LogP contribution in [0.4, 0.5) is 4.79 Å². The van der Waals surface area contributed by atoms with Gasteiger partial charge in [-0.15, -0.1) is 0 Å². The van der Waals surface area contributed by atoms with Crippen molar-refractivity contribution in [3.8, 4) is 5.75 Å². The molecule has 14 heteroatoms. The van der Waals surface area contributed by atoms with E-state index in [0.717, 1.165) is 17.7 Å². The van der Waals surface area contributed by atoms with Gasteiger partial charge in [-0.2, -0.15) is 0 Å². The van der Waals surface area contributed by atoms with E-state index in [9.17, 15) is 24.0 Å². The quantitative estimate of drug-likeness (QED) is 0.201. The fraction of sp³-hybridized carbons (Fsp3) is 0.686. The average molecular weight is 683 g/mol. The maximum atomic E-state index is 14.0. The predicted molar refractivity (Wildman–Crippen MR) is 181 cm³/mol. The molecular formula is C35H51BN4O9. The van der Waals surface area contributed by atoms with Crippen molar-refractivity contribution < 1.29 is 42.8 Å². The zero-order valence-electron chi connectivity index (χ0n) is 30.0. The van der Waals surface area contributed by atoms with Gasteiger partial charge in [0.15, 0.2) is 5.78 Å². The third kappa shape index (κ3) is 6.96. The molecule has 3 N–H and O–H groups in total. The monoisotopic (exact) mass is 682 g/mol. The lowest BCUT2D eigenvalue weighted by Crippen LogP contribution is -2.65. The van der Waals surface area contributed by atoms with Gasteiger partial charge in [0, 0.05) is 38.4 Å². The Labute approximate surface area is 289 Å². The number of esters is 1. The molecule has 5 aliphatic rings. The van der Waals surface area contributed by atoms with Crippen LogP contribution in [0.2, 0.25) is 5.82 Å². The summed E-state index contributed by atoms with van der Waals surface area (Å²) < 4.78 is 24.8. The number of amides is 4. The maximum Gasteiger partial charge on any atom is 0.461 e. The number of hydrogen-bond donors (Lipinski definition) is 2. The highest BCUT2D eigenvalue weighted by molar-refractivity contribution is 6.48. The molecule has 3 aliphatic carbocycles. The number of nitrogens with one attached hydrogen (secondary N) is 1. The summed E-state index contributed by atoms with van der Waals surface area (Å²) >= 11 is 0. The first-order valence-corrected chi connectivity index (χ1v) is 17.3. The van der Waals surface area contributed by atoms with E-state index in [-0.39, 0.29) is 55.3 Å². The third-order valence-corrected chi connectivity index (χ3v) is 11.1. The summed E-state index contributed by atoms with van der Waals surface area (Å²) in [6, 6.07) is 3.22. The Bertz CT molecular complexity index is 1500. The largest absolute Gasteiger partial charge is 0.496 e. The minimum Gasteiger partial charge on any atom is -0.496 e. The minimum absolute atomic E-state index is 0.00830. The van der Waals surface area contributed by atoms with Crippen LogP contribution in [0, 0.1) is 17.3 Å². The van der Waals surface area contributed by atoms with Crippen LogP contribution in [-0.4, -0.2) is 103 Å². The van der Waals surface area contributed by atoms with Crippen LogP contribution in [0.25, 0.3) is 0 Å². The van der Waals surface area contributed by atoms with E-state index in [1.54, 1.807) is 39.8 Å². The maximum absolute atomic E-state index is 14.0. The Hall–Kier alpha value is -3.49. The number of carbonyl (C=O) groups excluding carboxylic acids is 5. The molecule has 13 nitrogen and oxygen atoms in total. The molecule has 2 saturated heterocycles. The number of piperazine rings is 1. The minimum atomic E-state index is -1.14. The topological polar surface area (TPSA) is 167 Å². The molecular weight excluding hydrogens is 631 g/mol. The van der Waals surface area contributed by atoms with Crippen LogP contribution in [0.3, 0.4) is 0 Å². The molecule has 0 aromatic heterocycles. The predicted octanol–water partition coefficient (Wildman–Crippen LogP) is 2.98. The number of carbonyl (C=O) groups is 5. The van der Waals surface area contributed by atoms with Gasteiger partial charge in [0.05, 0.1) is 18.8 Å². The molecule has 2 bridgehead atoms. The van der Waals surface area contributed by atoms with Crippen molar-refractivity contribution in [3.63, 3.8) is 0 Å². The molecule has 1 aromatic rings. The summed E-state index contributed by atoms with van der Waals surface area (Å²) in [6.45, 7) is 14.1. The van der Waals surface area contributed by atoms with E-state index in [2.05, 4.69) is 26.1 Å². The number of Topliss-reactive ketones (excluding diaryl/α,β-unsaturated/α-hetero) is 1. The number of rotatable bonds is 11. The number of nitrogens with zero attached hydrogens (tertiary/aromatic N) is 2. The Morgan fingerprint density at radius 1 is 1.12 bits per heavy atom. The zero-order chi connectivity index (χ0) is 36.1. The zero-order valence-corrected chi connectivity index (χ0v) is 30.0. The van der Waals surface area contributed by atoms with Crippen molar-refractivity contribution in [1.82, 2.24) is 15.1 Å². The molecule has 4 amide bonds. The van der Waals surface area contributed by atoms with Crippen molar-refractivity contribution in [2.45, 2.75) is 103 Å². The van der Waals surface area contributed by atoms with E-state index >= 15 is 0 Å². The number of para-hydroxylation sites is 1. The normalized spacial score (nSPS) is 27.2. The molecule has 49 heavy (non-hydrogen) atoms. The first-order chi connectivity index (χ1) is 22.9. The second-order valence-electron chi connectivity index (χ2n) is 15.6. The number of nitrogens with two attached hydrogens (primary N) is 1. The molecule has 6 atom stereocenters. The number of likely N-dealkylation sites (N-methyl/N-ethyl adjacent to an activating group) is 1. The van der Waals surface area contributed by atoms with Crippen LogP contribution in [0.5, 0.6) is 5.75 Å². The number of urea groups is 1. The van der Waals surface area contributed by atoms with Crippen LogP contribution in [0.1, 0.15) is 83.7 Å². The van der Waals surface area contributed by atoms with Crippen molar-refractivity contribution in [3.05, 3.63) is 29.3 Å². The van der Waals surface area contributed by atoms with Crippen LogP contribution in [0.15, 0.2) is 18.2 Å². The Kier molecular flexibility index (Phi) is 10.3. The fourth-order valence-corrected chi connectivity index (χ4v) is 8.20. The molecule has 0 spiro atoms. The van der Waals surface area contributed by atoms with Crippen LogP contribution in [-0.2, 0) is 34.9 Å². The molecule has 1 aromatic carbocycles. The third-order valence-electron chi connectivity index (χ3n) is 11.1. The van der Waals surface area contributed by atoms with Gasteiger partial charge in [-0.3, -0.25) is 19.3 Å². The molecule has 0 unspecified atom stereocenters. The smallest absolute Gasteiger partial charge is 0.461 e. The van der Waals surface area contributed by atoms with Gasteiger partial charge in [0.2, 0.25) is 0 Å². The van der Waals surface area contributed by atoms with E-state index < -0.39 is 54.0 Å². The first kappa shape index (κ1) is 36.8. The lowest BCUT2D eigenvalue weighted by atomic mass is 9.43. The SMILES string of the molecule is CCN1CCN(C(=O)N[C@H](CN)C(=O)C[C@@H](Cc2cccc(C(=O)OC(C)(C)C)c2OC)B2O[C@@H]3C[C@@H]4C[C@@H](C4(C)C)[C@]3(C)O2)C(=O)C1=O. The highest BCUT2D eigenvalue weighted by atomic mass is 16.7. The first-order valence-electron chi connectivity index (χ1n) is 17.3. The number of imide groups is 1. The molecule has 2 aliphatic heterocycles. The lowest BCUT2D eigenvalue weighted by Gasteiger charge is -2.64. The van der Waals surface area contributed by atoms with E-state index in [1.807, 2.05) is 6.07 Å². The summed E-state index contributed by atoms with van der Waals surface area (Å²) in [5, 5.41) is 2.58. The molecule has 2 heterocycles. The molecule has 6 rings (SSSR count). The van der Waals surface area contributed by atoms with E-state index in [4.69, 9.17) is 24.5 Å². The molecule has 3 saturated carbocycles. The van der Waals surface area contributed by atoms with E-state index in [0.29, 0.717) is 29.7 Å². The number of benzene rings is 1. The van der Waals surface area contributed by atoms with Crippen molar-refractivity contribution in [2.75, 3.05) is 33.3 Å². The summed E-state index contributed by atoms with van der Waals surface area (Å²) in [4.78, 5) is 67.5. The summed E-state index contributed by atoms with van der Waals surface area (Å²) in [5.41, 5.74) is 5.77. The lowest BCUT2D eigenvalue weighted by molar-refractivity contribution is -0.199.